The topological polar surface area (TPSA) is 107 Å². The summed E-state index contributed by atoms with van der Waals surface area (Å²) in [7, 11) is 1.48. The van der Waals surface area contributed by atoms with Crippen LogP contribution in [0.15, 0.2) is 30.3 Å². The highest BCUT2D eigenvalue weighted by Gasteiger charge is 2.36. The summed E-state index contributed by atoms with van der Waals surface area (Å²) < 4.78 is 0. The zero-order chi connectivity index (χ0) is 21.4. The number of nitrogens with one attached hydrogen (secondary N) is 1. The second-order valence-corrected chi connectivity index (χ2v) is 7.33. The van der Waals surface area contributed by atoms with Crippen LogP contribution in [0.1, 0.15) is 49.4 Å². The lowest BCUT2D eigenvalue weighted by Gasteiger charge is -2.28. The summed E-state index contributed by atoms with van der Waals surface area (Å²) in [5, 5.41) is 12.0. The van der Waals surface area contributed by atoms with E-state index in [1.807, 2.05) is 6.92 Å². The van der Waals surface area contributed by atoms with E-state index >= 15 is 0 Å². The van der Waals surface area contributed by atoms with Crippen LogP contribution in [0.25, 0.3) is 0 Å². The Hall–Kier alpha value is -2.90. The van der Waals surface area contributed by atoms with Crippen molar-refractivity contribution in [2.24, 2.45) is 0 Å². The van der Waals surface area contributed by atoms with Crippen LogP contribution in [0, 0.1) is 0 Å². The number of carbonyl (C=O) groups is 4. The van der Waals surface area contributed by atoms with Crippen molar-refractivity contribution in [3.63, 3.8) is 0 Å². The summed E-state index contributed by atoms with van der Waals surface area (Å²) in [6.07, 6.45) is 3.15. The first-order valence-electron chi connectivity index (χ1n) is 9.98. The third-order valence-electron chi connectivity index (χ3n) is 5.08. The number of carboxylic acid groups (broad SMARTS) is 1. The molecule has 0 aromatic heterocycles. The number of unbranched alkanes of at least 4 members (excludes halogenated alkanes) is 1. The van der Waals surface area contributed by atoms with Gasteiger partial charge in [-0.05, 0) is 31.4 Å². The number of aliphatic carboxylic acids is 1. The van der Waals surface area contributed by atoms with Gasteiger partial charge in [-0.15, -0.1) is 0 Å². The lowest BCUT2D eigenvalue weighted by molar-refractivity contribution is -0.141. The van der Waals surface area contributed by atoms with E-state index in [1.165, 1.54) is 16.8 Å². The molecule has 1 aliphatic rings. The first-order valence-corrected chi connectivity index (χ1v) is 9.98. The summed E-state index contributed by atoms with van der Waals surface area (Å²) in [4.78, 5) is 51.7. The minimum Gasteiger partial charge on any atom is -0.480 e. The van der Waals surface area contributed by atoms with Gasteiger partial charge in [-0.2, -0.15) is 0 Å². The molecule has 1 fully saturated rings. The highest BCUT2D eigenvalue weighted by molar-refractivity contribution is 5.99. The van der Waals surface area contributed by atoms with Gasteiger partial charge in [0.15, 0.2) is 5.78 Å². The van der Waals surface area contributed by atoms with Crippen molar-refractivity contribution < 1.29 is 24.3 Å². The van der Waals surface area contributed by atoms with E-state index < -0.39 is 24.1 Å². The standard InChI is InChI=1S/C21H29N3O5/c1-3-4-11-16(22-19(26)15-9-6-5-7-10-15)18(25)14-23(2)21(29)24-13-8-12-17(24)20(27)28/h5-7,9-10,16-17H,3-4,8,11-14H2,1-2H3,(H,22,26)(H,27,28)/t16?,17-/m0/s1. The van der Waals surface area contributed by atoms with Gasteiger partial charge in [0.2, 0.25) is 0 Å². The predicted molar refractivity (Wildman–Crippen MR) is 108 cm³/mol. The minimum absolute atomic E-state index is 0.189. The molecule has 1 aromatic carbocycles. The SMILES string of the molecule is CCCCC(NC(=O)c1ccccc1)C(=O)CN(C)C(=O)N1CCC[C@H]1C(=O)O. The number of ketones is 1. The molecule has 2 rings (SSSR count). The lowest BCUT2D eigenvalue weighted by Crippen LogP contribution is -2.50. The van der Waals surface area contributed by atoms with Gasteiger partial charge in [-0.1, -0.05) is 38.0 Å². The molecular formula is C21H29N3O5. The molecule has 1 saturated heterocycles. The third kappa shape index (κ3) is 6.04. The van der Waals surface area contributed by atoms with Crippen LogP contribution in [-0.2, 0) is 9.59 Å². The van der Waals surface area contributed by atoms with Crippen molar-refractivity contribution in [2.45, 2.75) is 51.1 Å². The van der Waals surface area contributed by atoms with Crippen molar-refractivity contribution >= 4 is 23.7 Å². The van der Waals surface area contributed by atoms with Gasteiger partial charge in [-0.3, -0.25) is 9.59 Å². The Kier molecular flexibility index (Phi) is 8.18. The Bertz CT molecular complexity index is 737. The van der Waals surface area contributed by atoms with Gasteiger partial charge in [0.25, 0.3) is 5.91 Å². The maximum absolute atomic E-state index is 12.8. The molecule has 1 heterocycles. The summed E-state index contributed by atoms with van der Waals surface area (Å²) in [6.45, 7) is 2.17. The van der Waals surface area contributed by atoms with Crippen LogP contribution in [-0.4, -0.2) is 70.8 Å². The second-order valence-electron chi connectivity index (χ2n) is 7.33. The van der Waals surface area contributed by atoms with E-state index in [0.717, 1.165) is 12.8 Å². The Labute approximate surface area is 170 Å². The van der Waals surface area contributed by atoms with Crippen LogP contribution in [0.2, 0.25) is 0 Å². The summed E-state index contributed by atoms with van der Waals surface area (Å²) >= 11 is 0. The van der Waals surface area contributed by atoms with Crippen LogP contribution >= 0.6 is 0 Å². The zero-order valence-electron chi connectivity index (χ0n) is 17.0. The molecule has 8 nitrogen and oxygen atoms in total. The first kappa shape index (κ1) is 22.4. The lowest BCUT2D eigenvalue weighted by atomic mass is 10.0. The Morgan fingerprint density at radius 3 is 2.55 bits per heavy atom. The van der Waals surface area contributed by atoms with E-state index in [2.05, 4.69) is 5.32 Å². The van der Waals surface area contributed by atoms with Crippen molar-refractivity contribution in [2.75, 3.05) is 20.1 Å². The van der Waals surface area contributed by atoms with E-state index in [4.69, 9.17) is 0 Å². The molecule has 3 amide bonds. The summed E-state index contributed by atoms with van der Waals surface area (Å²) in [5.41, 5.74) is 0.465. The molecular weight excluding hydrogens is 374 g/mol. The molecule has 1 unspecified atom stereocenters. The van der Waals surface area contributed by atoms with Gasteiger partial charge in [0, 0.05) is 19.2 Å². The highest BCUT2D eigenvalue weighted by atomic mass is 16.4. The highest BCUT2D eigenvalue weighted by Crippen LogP contribution is 2.19. The molecule has 8 heteroatoms. The number of likely N-dealkylation sites (N-methyl/N-ethyl adjacent to an activating group) is 1. The number of amides is 3. The van der Waals surface area contributed by atoms with Crippen molar-refractivity contribution in [1.29, 1.82) is 0 Å². The van der Waals surface area contributed by atoms with Crippen LogP contribution in [0.4, 0.5) is 4.79 Å². The maximum atomic E-state index is 12.8. The van der Waals surface area contributed by atoms with Gasteiger partial charge < -0.3 is 20.2 Å². The molecule has 1 aromatic rings. The van der Waals surface area contributed by atoms with E-state index in [9.17, 15) is 24.3 Å². The van der Waals surface area contributed by atoms with E-state index in [0.29, 0.717) is 31.4 Å². The predicted octanol–water partition coefficient (Wildman–Crippen LogP) is 2.15. The fourth-order valence-electron chi connectivity index (χ4n) is 3.44. The largest absolute Gasteiger partial charge is 0.480 e. The van der Waals surface area contributed by atoms with Gasteiger partial charge in [-0.25, -0.2) is 9.59 Å². The number of carbonyl (C=O) groups excluding carboxylic acids is 3. The number of rotatable bonds is 9. The maximum Gasteiger partial charge on any atom is 0.326 e. The molecule has 0 spiro atoms. The van der Waals surface area contributed by atoms with Crippen LogP contribution in [0.3, 0.4) is 0 Å². The number of likely N-dealkylation sites (tertiary alicyclic amines) is 1. The molecule has 0 saturated carbocycles. The molecule has 0 radical (unpaired) electrons. The monoisotopic (exact) mass is 403 g/mol. The van der Waals surface area contributed by atoms with Crippen molar-refractivity contribution in [3.05, 3.63) is 35.9 Å². The van der Waals surface area contributed by atoms with Crippen LogP contribution < -0.4 is 5.32 Å². The number of hydrogen-bond acceptors (Lipinski definition) is 4. The Balaban J connectivity index is 2.01. The van der Waals surface area contributed by atoms with Gasteiger partial charge >= 0.3 is 12.0 Å². The first-order chi connectivity index (χ1) is 13.8. The number of Topliss-reactive ketones (excluding diaryl/α,β-unsaturated/α-hetero) is 1. The van der Waals surface area contributed by atoms with Gasteiger partial charge in [0.1, 0.15) is 6.04 Å². The molecule has 2 N–H and O–H groups in total. The average molecular weight is 403 g/mol. The molecule has 2 atom stereocenters. The number of carboxylic acids is 1. The van der Waals surface area contributed by atoms with Crippen LogP contribution in [0.5, 0.6) is 0 Å². The fraction of sp³-hybridized carbons (Fsp3) is 0.524. The molecule has 158 valence electrons. The van der Waals surface area contributed by atoms with E-state index in [-0.39, 0.29) is 18.2 Å². The third-order valence-corrected chi connectivity index (χ3v) is 5.08. The number of benzene rings is 1. The quantitative estimate of drug-likeness (QED) is 0.657. The number of nitrogens with zero attached hydrogens (tertiary/aromatic N) is 2. The average Bonchev–Trinajstić information content (AvgIpc) is 3.21. The smallest absolute Gasteiger partial charge is 0.326 e. The minimum atomic E-state index is -1.04. The van der Waals surface area contributed by atoms with Crippen molar-refractivity contribution in [3.8, 4) is 0 Å². The molecule has 29 heavy (non-hydrogen) atoms. The zero-order valence-corrected chi connectivity index (χ0v) is 17.0. The Morgan fingerprint density at radius 2 is 1.93 bits per heavy atom. The number of urea groups is 1. The normalized spacial score (nSPS) is 16.9. The second kappa shape index (κ2) is 10.6. The number of hydrogen-bond donors (Lipinski definition) is 2. The van der Waals surface area contributed by atoms with Crippen molar-refractivity contribution in [1.82, 2.24) is 15.1 Å². The summed E-state index contributed by atoms with van der Waals surface area (Å²) in [6, 6.07) is 6.61. The fourth-order valence-corrected chi connectivity index (χ4v) is 3.44. The summed E-state index contributed by atoms with van der Waals surface area (Å²) in [5.74, 6) is -1.64. The van der Waals surface area contributed by atoms with Gasteiger partial charge in [0.05, 0.1) is 12.6 Å². The molecule has 0 aliphatic carbocycles. The molecule has 0 bridgehead atoms. The molecule has 1 aliphatic heterocycles. The Morgan fingerprint density at radius 1 is 1.24 bits per heavy atom. The van der Waals surface area contributed by atoms with E-state index in [1.54, 1.807) is 30.3 Å².